The first-order valence-corrected chi connectivity index (χ1v) is 10.3. The van der Waals surface area contributed by atoms with Crippen LogP contribution in [-0.2, 0) is 10.0 Å². The van der Waals surface area contributed by atoms with Crippen LogP contribution in [0.4, 0.5) is 17.5 Å². The molecule has 0 saturated carbocycles. The third-order valence-electron chi connectivity index (χ3n) is 4.01. The zero-order valence-electron chi connectivity index (χ0n) is 15.5. The van der Waals surface area contributed by atoms with E-state index in [9.17, 15) is 13.2 Å². The molecule has 0 unspecified atom stereocenters. The van der Waals surface area contributed by atoms with Gasteiger partial charge in [0.1, 0.15) is 23.8 Å². The van der Waals surface area contributed by atoms with Crippen LogP contribution in [0.5, 0.6) is 0 Å². The molecule has 4 N–H and O–H groups in total. The van der Waals surface area contributed by atoms with E-state index >= 15 is 0 Å². The van der Waals surface area contributed by atoms with Crippen LogP contribution in [0.15, 0.2) is 69.1 Å². The predicted molar refractivity (Wildman–Crippen MR) is 110 cm³/mol. The Morgan fingerprint density at radius 3 is 2.67 bits per heavy atom. The number of hydrogen-bond acceptors (Lipinski definition) is 9. The largest absolute Gasteiger partial charge is 0.417 e. The Hall–Kier alpha value is -3.77. The molecule has 3 aromatic heterocycles. The van der Waals surface area contributed by atoms with Gasteiger partial charge >= 0.3 is 5.76 Å². The molecule has 1 aromatic carbocycles. The van der Waals surface area contributed by atoms with Gasteiger partial charge in [0.05, 0.1) is 10.4 Å². The highest BCUT2D eigenvalue weighted by molar-refractivity contribution is 7.89. The Labute approximate surface area is 170 Å². The third-order valence-corrected chi connectivity index (χ3v) is 5.47. The van der Waals surface area contributed by atoms with Crippen molar-refractivity contribution >= 4 is 38.6 Å². The lowest BCUT2D eigenvalue weighted by molar-refractivity contribution is 0.555. The number of H-pyrrole nitrogens is 1. The molecule has 30 heavy (non-hydrogen) atoms. The fraction of sp³-hybridized carbons (Fsp3) is 0.111. The standard InChI is InChI=1S/C18H17N7O4S/c26-18-24-13-9-12(4-5-14(13)29-18)30(27,28)23-8-7-20-16-10-17(22-11-21-16)25-15-3-1-2-6-19-15/h1-6,9-11,23H,7-8H2,(H,24,26)(H2,19,20,21,22,25). The molecule has 154 valence electrons. The van der Waals surface area contributed by atoms with Gasteiger partial charge in [-0.15, -0.1) is 0 Å². The summed E-state index contributed by atoms with van der Waals surface area (Å²) in [6.45, 7) is 0.416. The number of sulfonamides is 1. The molecule has 0 aliphatic rings. The number of anilines is 3. The van der Waals surface area contributed by atoms with E-state index in [1.165, 1.54) is 24.5 Å². The SMILES string of the molecule is O=c1[nH]c2cc(S(=O)(=O)NCCNc3cc(Nc4ccccn4)ncn3)ccc2o1. The van der Waals surface area contributed by atoms with Gasteiger partial charge in [0.25, 0.3) is 0 Å². The fourth-order valence-corrected chi connectivity index (χ4v) is 3.71. The minimum atomic E-state index is -3.75. The zero-order valence-corrected chi connectivity index (χ0v) is 16.3. The van der Waals surface area contributed by atoms with Gasteiger partial charge in [-0.25, -0.2) is 32.9 Å². The van der Waals surface area contributed by atoms with Gasteiger partial charge in [-0.2, -0.15) is 0 Å². The van der Waals surface area contributed by atoms with Gasteiger partial charge in [-0.05, 0) is 30.3 Å². The fourth-order valence-electron chi connectivity index (χ4n) is 2.65. The second-order valence-corrected chi connectivity index (χ2v) is 7.89. The molecular formula is C18H17N7O4S. The van der Waals surface area contributed by atoms with E-state index in [0.717, 1.165) is 0 Å². The summed E-state index contributed by atoms with van der Waals surface area (Å²) in [5, 5.41) is 6.08. The Bertz CT molecular complexity index is 1320. The summed E-state index contributed by atoms with van der Waals surface area (Å²) in [6.07, 6.45) is 3.05. The van der Waals surface area contributed by atoms with E-state index in [4.69, 9.17) is 4.42 Å². The average Bonchev–Trinajstić information content (AvgIpc) is 3.11. The molecule has 4 aromatic rings. The van der Waals surface area contributed by atoms with Gasteiger partial charge in [0.15, 0.2) is 5.58 Å². The summed E-state index contributed by atoms with van der Waals surface area (Å²) in [4.78, 5) is 26.1. The lowest BCUT2D eigenvalue weighted by Crippen LogP contribution is -2.29. The van der Waals surface area contributed by atoms with Crippen molar-refractivity contribution < 1.29 is 12.8 Å². The Balaban J connectivity index is 1.33. The van der Waals surface area contributed by atoms with Crippen LogP contribution in [0, 0.1) is 0 Å². The number of hydrogen-bond donors (Lipinski definition) is 4. The Kier molecular flexibility index (Phi) is 5.41. The summed E-state index contributed by atoms with van der Waals surface area (Å²) in [6, 6.07) is 11.3. The molecule has 0 radical (unpaired) electrons. The topological polar surface area (TPSA) is 155 Å². The van der Waals surface area contributed by atoms with E-state index in [1.807, 2.05) is 12.1 Å². The van der Waals surface area contributed by atoms with E-state index < -0.39 is 15.8 Å². The molecule has 0 amide bonds. The number of aromatic amines is 1. The van der Waals surface area contributed by atoms with Crippen LogP contribution in [0.25, 0.3) is 11.1 Å². The highest BCUT2D eigenvalue weighted by Gasteiger charge is 2.15. The highest BCUT2D eigenvalue weighted by Crippen LogP contribution is 2.16. The summed E-state index contributed by atoms with van der Waals surface area (Å²) in [5.74, 6) is 1.08. The van der Waals surface area contributed by atoms with Gasteiger partial charge in [0.2, 0.25) is 10.0 Å². The number of nitrogens with one attached hydrogen (secondary N) is 4. The summed E-state index contributed by atoms with van der Waals surface area (Å²) >= 11 is 0. The van der Waals surface area contributed by atoms with Crippen LogP contribution < -0.4 is 21.1 Å². The number of benzene rings is 1. The predicted octanol–water partition coefficient (Wildman–Crippen LogP) is 1.44. The van der Waals surface area contributed by atoms with Crippen molar-refractivity contribution in [2.75, 3.05) is 23.7 Å². The molecule has 4 rings (SSSR count). The van der Waals surface area contributed by atoms with E-state index in [1.54, 1.807) is 18.3 Å². The van der Waals surface area contributed by atoms with Crippen LogP contribution in [0.2, 0.25) is 0 Å². The first-order valence-electron chi connectivity index (χ1n) is 8.86. The van der Waals surface area contributed by atoms with Crippen molar-refractivity contribution in [1.29, 1.82) is 0 Å². The van der Waals surface area contributed by atoms with Gasteiger partial charge < -0.3 is 15.1 Å². The smallest absolute Gasteiger partial charge is 0.408 e. The van der Waals surface area contributed by atoms with Crippen molar-refractivity contribution in [3.05, 3.63) is 65.5 Å². The maximum atomic E-state index is 12.4. The first kappa shape index (κ1) is 19.5. The third kappa shape index (κ3) is 4.61. The van der Waals surface area contributed by atoms with Crippen LogP contribution >= 0.6 is 0 Å². The average molecular weight is 427 g/mol. The Morgan fingerprint density at radius 1 is 0.967 bits per heavy atom. The molecule has 0 saturated heterocycles. The minimum Gasteiger partial charge on any atom is -0.408 e. The van der Waals surface area contributed by atoms with Gasteiger partial charge in [-0.1, -0.05) is 6.07 Å². The quantitative estimate of drug-likeness (QED) is 0.306. The van der Waals surface area contributed by atoms with E-state index in [2.05, 4.69) is 35.3 Å². The van der Waals surface area contributed by atoms with Crippen LogP contribution in [0.1, 0.15) is 0 Å². The van der Waals surface area contributed by atoms with Gasteiger partial charge in [0, 0.05) is 25.4 Å². The summed E-state index contributed by atoms with van der Waals surface area (Å²) in [7, 11) is -3.75. The Morgan fingerprint density at radius 2 is 1.83 bits per heavy atom. The molecule has 0 atom stereocenters. The molecule has 0 spiro atoms. The zero-order chi connectivity index (χ0) is 21.0. The summed E-state index contributed by atoms with van der Waals surface area (Å²) in [5.41, 5.74) is 0.606. The number of aromatic nitrogens is 4. The number of oxazole rings is 1. The van der Waals surface area contributed by atoms with Crippen molar-refractivity contribution in [1.82, 2.24) is 24.7 Å². The minimum absolute atomic E-state index is 0.0240. The molecule has 0 aliphatic carbocycles. The molecule has 3 heterocycles. The van der Waals surface area contributed by atoms with Crippen LogP contribution in [-0.4, -0.2) is 41.4 Å². The lowest BCUT2D eigenvalue weighted by atomic mass is 10.3. The lowest BCUT2D eigenvalue weighted by Gasteiger charge is -2.09. The first-order chi connectivity index (χ1) is 14.5. The number of fused-ring (bicyclic) bond motifs is 1. The summed E-state index contributed by atoms with van der Waals surface area (Å²) < 4.78 is 32.3. The monoisotopic (exact) mass is 427 g/mol. The molecule has 11 nitrogen and oxygen atoms in total. The number of pyridine rings is 1. The maximum absolute atomic E-state index is 12.4. The van der Waals surface area contributed by atoms with Crippen LogP contribution in [0.3, 0.4) is 0 Å². The molecule has 0 bridgehead atoms. The number of rotatable bonds is 8. The molecular weight excluding hydrogens is 410 g/mol. The molecule has 12 heteroatoms. The number of nitrogens with zero attached hydrogens (tertiary/aromatic N) is 3. The maximum Gasteiger partial charge on any atom is 0.417 e. The van der Waals surface area contributed by atoms with Gasteiger partial charge in [-0.3, -0.25) is 4.98 Å². The molecule has 0 aliphatic heterocycles. The van der Waals surface area contributed by atoms with Crippen molar-refractivity contribution in [3.63, 3.8) is 0 Å². The van der Waals surface area contributed by atoms with Crippen molar-refractivity contribution in [2.45, 2.75) is 4.90 Å². The highest BCUT2D eigenvalue weighted by atomic mass is 32.2. The normalized spacial score (nSPS) is 11.5. The van der Waals surface area contributed by atoms with Crippen molar-refractivity contribution in [3.8, 4) is 0 Å². The van der Waals surface area contributed by atoms with Crippen molar-refractivity contribution in [2.24, 2.45) is 0 Å². The van der Waals surface area contributed by atoms with E-state index in [0.29, 0.717) is 35.1 Å². The second kappa shape index (κ2) is 8.31. The molecule has 0 fully saturated rings. The van der Waals surface area contributed by atoms with E-state index in [-0.39, 0.29) is 11.4 Å². The second-order valence-electron chi connectivity index (χ2n) is 6.13.